The number of morpholine rings is 1. The van der Waals surface area contributed by atoms with Gasteiger partial charge in [0.05, 0.1) is 19.8 Å². The van der Waals surface area contributed by atoms with Gasteiger partial charge >= 0.3 is 18.3 Å². The van der Waals surface area contributed by atoms with Crippen molar-refractivity contribution in [2.24, 2.45) is 7.05 Å². The first-order valence-electron chi connectivity index (χ1n) is 12.4. The number of aryl methyl sites for hydroxylation is 1. The highest BCUT2D eigenvalue weighted by Crippen LogP contribution is 2.23. The lowest BCUT2D eigenvalue weighted by molar-refractivity contribution is -0.135. The second kappa shape index (κ2) is 16.0. The fourth-order valence-corrected chi connectivity index (χ4v) is 3.77. The summed E-state index contributed by atoms with van der Waals surface area (Å²) in [7, 11) is 1.48. The molecule has 4 rings (SSSR count). The highest BCUT2D eigenvalue weighted by molar-refractivity contribution is 5.96. The summed E-state index contributed by atoms with van der Waals surface area (Å²) in [5.41, 5.74) is 1.16. The van der Waals surface area contributed by atoms with Crippen LogP contribution in [0.15, 0.2) is 58.3 Å². The Kier molecular flexibility index (Phi) is 12.9. The number of carboxylic acid groups (broad SMARTS) is 1. The van der Waals surface area contributed by atoms with Crippen molar-refractivity contribution < 1.29 is 41.4 Å². The van der Waals surface area contributed by atoms with Gasteiger partial charge in [0.1, 0.15) is 23.7 Å². The van der Waals surface area contributed by atoms with Crippen molar-refractivity contribution in [3.63, 3.8) is 0 Å². The Balaban J connectivity index is 0.000000265. The van der Waals surface area contributed by atoms with Crippen LogP contribution in [-0.4, -0.2) is 65.6 Å². The summed E-state index contributed by atoms with van der Waals surface area (Å²) in [6.45, 7) is 0.0472. The van der Waals surface area contributed by atoms with Crippen LogP contribution in [0.4, 0.5) is 27.6 Å². The van der Waals surface area contributed by atoms with Gasteiger partial charge in [-0.3, -0.25) is 23.5 Å². The van der Waals surface area contributed by atoms with E-state index in [9.17, 15) is 41.1 Å². The number of amides is 1. The van der Waals surface area contributed by atoms with Crippen molar-refractivity contribution in [3.8, 4) is 0 Å². The summed E-state index contributed by atoms with van der Waals surface area (Å²) >= 11 is 0. The van der Waals surface area contributed by atoms with E-state index in [0.29, 0.717) is 38.5 Å². The summed E-state index contributed by atoms with van der Waals surface area (Å²) in [6, 6.07) is 11.5. The third kappa shape index (κ3) is 10.5. The maximum absolute atomic E-state index is 13.9. The molecule has 1 aromatic heterocycles. The van der Waals surface area contributed by atoms with E-state index in [2.05, 4.69) is 0 Å². The highest BCUT2D eigenvalue weighted by atomic mass is 19.4. The van der Waals surface area contributed by atoms with Crippen LogP contribution in [0.3, 0.4) is 0 Å². The first-order valence-corrected chi connectivity index (χ1v) is 12.4. The summed E-state index contributed by atoms with van der Waals surface area (Å²) in [5.74, 6) is -4.45. The van der Waals surface area contributed by atoms with E-state index in [1.165, 1.54) is 23.9 Å². The molecule has 0 aliphatic carbocycles. The highest BCUT2D eigenvalue weighted by Gasteiger charge is 2.21. The quantitative estimate of drug-likeness (QED) is 0.418. The number of hydrogen-bond acceptors (Lipinski definition) is 6. The SMILES string of the molecule is Cc1cccc(Cn2ccc(=O)n(C)c2=O)c1.FC(F)F.O=C(O)CNC(=O)c1c(F)cc(N2CCOCC2)cc1F. The van der Waals surface area contributed by atoms with Gasteiger partial charge in [0, 0.05) is 38.1 Å². The number of nitrogens with zero attached hydrogens (tertiary/aromatic N) is 3. The van der Waals surface area contributed by atoms with Crippen LogP contribution in [0.5, 0.6) is 0 Å². The van der Waals surface area contributed by atoms with Crippen molar-refractivity contribution in [3.05, 3.63) is 97.8 Å². The number of nitrogens with one attached hydrogen (secondary N) is 1. The van der Waals surface area contributed by atoms with Crippen molar-refractivity contribution in [2.75, 3.05) is 37.7 Å². The van der Waals surface area contributed by atoms with Crippen molar-refractivity contribution in [1.29, 1.82) is 0 Å². The Morgan fingerprint density at radius 1 is 1.02 bits per heavy atom. The molecule has 15 heteroatoms. The lowest BCUT2D eigenvalue weighted by Crippen LogP contribution is -2.37. The van der Waals surface area contributed by atoms with Crippen LogP contribution in [-0.2, 0) is 23.1 Å². The Morgan fingerprint density at radius 3 is 2.17 bits per heavy atom. The smallest absolute Gasteiger partial charge is 0.379 e. The predicted molar refractivity (Wildman–Crippen MR) is 143 cm³/mol. The number of anilines is 1. The average Bonchev–Trinajstić information content (AvgIpc) is 2.92. The number of alkyl halides is 3. The van der Waals surface area contributed by atoms with E-state index in [-0.39, 0.29) is 11.2 Å². The molecule has 3 aromatic rings. The first-order chi connectivity index (χ1) is 19.8. The fraction of sp³-hybridized carbons (Fsp3) is 0.333. The number of aliphatic carboxylic acids is 1. The number of aromatic nitrogens is 2. The topological polar surface area (TPSA) is 123 Å². The Bertz CT molecular complexity index is 1460. The van der Waals surface area contributed by atoms with Crippen LogP contribution in [0.1, 0.15) is 21.5 Å². The minimum atomic E-state index is -3.67. The maximum atomic E-state index is 13.9. The minimum Gasteiger partial charge on any atom is -0.480 e. The van der Waals surface area contributed by atoms with Gasteiger partial charge in [0.2, 0.25) is 0 Å². The minimum absolute atomic E-state index is 0.282. The summed E-state index contributed by atoms with van der Waals surface area (Å²) in [4.78, 5) is 46.7. The fourth-order valence-electron chi connectivity index (χ4n) is 3.77. The van der Waals surface area contributed by atoms with Gasteiger partial charge in [-0.2, -0.15) is 13.2 Å². The molecule has 0 spiro atoms. The Labute approximate surface area is 236 Å². The van der Waals surface area contributed by atoms with Crippen LogP contribution in [0.2, 0.25) is 0 Å². The van der Waals surface area contributed by atoms with Crippen LogP contribution in [0.25, 0.3) is 0 Å². The van der Waals surface area contributed by atoms with Gasteiger partial charge < -0.3 is 20.1 Å². The average molecular weight is 601 g/mol. The number of ether oxygens (including phenoxy) is 1. The van der Waals surface area contributed by atoms with Gasteiger partial charge in [-0.25, -0.2) is 13.6 Å². The van der Waals surface area contributed by atoms with E-state index in [0.717, 1.165) is 27.8 Å². The lowest BCUT2D eigenvalue weighted by Gasteiger charge is -2.29. The number of carbonyl (C=O) groups is 2. The zero-order chi connectivity index (χ0) is 31.4. The molecule has 2 N–H and O–H groups in total. The van der Waals surface area contributed by atoms with Gasteiger partial charge in [-0.15, -0.1) is 0 Å². The Hall–Kier alpha value is -4.53. The molecule has 0 saturated carbocycles. The third-order valence-corrected chi connectivity index (χ3v) is 5.73. The first kappa shape index (κ1) is 33.7. The molecule has 1 fully saturated rings. The zero-order valence-electron chi connectivity index (χ0n) is 22.7. The molecule has 2 heterocycles. The summed E-state index contributed by atoms with van der Waals surface area (Å²) in [5, 5.41) is 10.4. The number of hydrogen-bond donors (Lipinski definition) is 2. The van der Waals surface area contributed by atoms with E-state index in [1.54, 1.807) is 4.90 Å². The van der Waals surface area contributed by atoms with E-state index in [4.69, 9.17) is 9.84 Å². The third-order valence-electron chi connectivity index (χ3n) is 5.73. The number of carboxylic acids is 1. The molecule has 0 radical (unpaired) electrons. The molecule has 0 bridgehead atoms. The zero-order valence-corrected chi connectivity index (χ0v) is 22.7. The van der Waals surface area contributed by atoms with Crippen LogP contribution in [0, 0.1) is 18.6 Å². The second-order valence-corrected chi connectivity index (χ2v) is 8.82. The Morgan fingerprint density at radius 2 is 1.62 bits per heavy atom. The van der Waals surface area contributed by atoms with Crippen LogP contribution >= 0.6 is 0 Å². The van der Waals surface area contributed by atoms with Crippen molar-refractivity contribution in [1.82, 2.24) is 14.5 Å². The molecule has 1 aliphatic rings. The van der Waals surface area contributed by atoms with Gasteiger partial charge in [0.25, 0.3) is 11.5 Å². The monoisotopic (exact) mass is 600 g/mol. The molecule has 1 amide bonds. The molecule has 0 atom stereocenters. The molecule has 10 nitrogen and oxygen atoms in total. The number of carbonyl (C=O) groups excluding carboxylic acids is 1. The number of halogens is 5. The standard InChI is InChI=1S/C13H14F2N2O4.C13H14N2O2.CHF3/c14-9-5-8(17-1-3-21-4-2-17)6-10(15)12(9)13(20)16-7-11(18)19;1-10-4-3-5-11(8-10)9-15-7-6-12(16)14(2)13(15)17;2-1(3)4/h5-6H,1-4,7H2,(H,16,20)(H,18,19);3-8H,9H2,1-2H3;1H. The second-order valence-electron chi connectivity index (χ2n) is 8.82. The summed E-state index contributed by atoms with van der Waals surface area (Å²) in [6.07, 6.45) is 1.53. The normalized spacial score (nSPS) is 12.5. The van der Waals surface area contributed by atoms with Crippen molar-refractivity contribution in [2.45, 2.75) is 20.1 Å². The molecular formula is C27H29F5N4O6. The van der Waals surface area contributed by atoms with Crippen LogP contribution < -0.4 is 21.5 Å². The van der Waals surface area contributed by atoms with Gasteiger partial charge in [0.15, 0.2) is 0 Å². The largest absolute Gasteiger partial charge is 0.480 e. The maximum Gasteiger partial charge on any atom is 0.379 e. The van der Waals surface area contributed by atoms with E-state index in [1.807, 2.05) is 36.5 Å². The molecule has 42 heavy (non-hydrogen) atoms. The van der Waals surface area contributed by atoms with Gasteiger partial charge in [-0.1, -0.05) is 29.8 Å². The van der Waals surface area contributed by atoms with E-state index < -0.39 is 42.3 Å². The number of rotatable bonds is 6. The van der Waals surface area contributed by atoms with Gasteiger partial charge in [-0.05, 0) is 24.6 Å². The molecule has 1 aliphatic heterocycles. The molecule has 1 saturated heterocycles. The summed E-state index contributed by atoms with van der Waals surface area (Å²) < 4.78 is 64.6. The lowest BCUT2D eigenvalue weighted by atomic mass is 10.1. The van der Waals surface area contributed by atoms with Crippen molar-refractivity contribution >= 4 is 17.6 Å². The molecule has 228 valence electrons. The molecule has 0 unspecified atom stereocenters. The molecular weight excluding hydrogens is 571 g/mol. The predicted octanol–water partition coefficient (Wildman–Crippen LogP) is 2.70. The number of benzene rings is 2. The van der Waals surface area contributed by atoms with E-state index >= 15 is 0 Å². The molecule has 2 aromatic carbocycles.